The van der Waals surface area contributed by atoms with Gasteiger partial charge >= 0.3 is 0 Å². The molecular weight excluding hydrogens is 180 g/mol. The van der Waals surface area contributed by atoms with Crippen molar-refractivity contribution in [3.63, 3.8) is 0 Å². The molecule has 5 nitrogen and oxygen atoms in total. The van der Waals surface area contributed by atoms with E-state index in [-0.39, 0.29) is 5.25 Å². The van der Waals surface area contributed by atoms with Gasteiger partial charge in [-0.3, -0.25) is 4.55 Å². The van der Waals surface area contributed by atoms with Crippen LogP contribution >= 0.6 is 0 Å². The van der Waals surface area contributed by atoms with E-state index < -0.39 is 16.2 Å². The SMILES string of the molecule is NC1=CC(N)[C](S(=O)(=O)O)C=C1. The van der Waals surface area contributed by atoms with Crippen molar-refractivity contribution >= 4 is 10.1 Å². The van der Waals surface area contributed by atoms with Gasteiger partial charge in [-0.05, 0) is 12.2 Å². The maximum atomic E-state index is 10.6. The first-order valence-electron chi connectivity index (χ1n) is 3.16. The Bertz CT molecular complexity index is 331. The van der Waals surface area contributed by atoms with Crippen molar-refractivity contribution in [2.24, 2.45) is 11.5 Å². The fourth-order valence-electron chi connectivity index (χ4n) is 0.892. The summed E-state index contributed by atoms with van der Waals surface area (Å²) >= 11 is 0. The molecule has 0 bridgehead atoms. The summed E-state index contributed by atoms with van der Waals surface area (Å²) in [5.74, 6) is 0. The van der Waals surface area contributed by atoms with Crippen molar-refractivity contribution in [3.05, 3.63) is 29.2 Å². The molecule has 1 unspecified atom stereocenters. The second kappa shape index (κ2) is 2.89. The monoisotopic (exact) mass is 189 g/mol. The Morgan fingerprint density at radius 3 is 2.42 bits per heavy atom. The highest BCUT2D eigenvalue weighted by atomic mass is 32.2. The lowest BCUT2D eigenvalue weighted by Gasteiger charge is -2.17. The predicted molar refractivity (Wildman–Crippen MR) is 44.2 cm³/mol. The number of hydrogen-bond acceptors (Lipinski definition) is 4. The molecule has 1 aliphatic rings. The lowest BCUT2D eigenvalue weighted by molar-refractivity contribution is 0.482. The highest BCUT2D eigenvalue weighted by Gasteiger charge is 2.29. The molecule has 0 amide bonds. The van der Waals surface area contributed by atoms with E-state index in [4.69, 9.17) is 16.0 Å². The molecule has 0 aliphatic heterocycles. The molecule has 5 N–H and O–H groups in total. The number of hydrogen-bond donors (Lipinski definition) is 3. The second-order valence-corrected chi connectivity index (χ2v) is 3.82. The van der Waals surface area contributed by atoms with Gasteiger partial charge in [0.15, 0.2) is 5.25 Å². The average molecular weight is 189 g/mol. The summed E-state index contributed by atoms with van der Waals surface area (Å²) in [5.41, 5.74) is 11.1. The van der Waals surface area contributed by atoms with Gasteiger partial charge in [-0.25, -0.2) is 0 Å². The minimum absolute atomic E-state index is 0.239. The highest BCUT2D eigenvalue weighted by molar-refractivity contribution is 7.89. The Hall–Kier alpha value is -0.850. The van der Waals surface area contributed by atoms with Crippen LogP contribution in [0.15, 0.2) is 23.9 Å². The molecule has 0 aromatic rings. The van der Waals surface area contributed by atoms with E-state index in [1.165, 1.54) is 18.2 Å². The number of nitrogens with two attached hydrogens (primary N) is 2. The fraction of sp³-hybridized carbons (Fsp3) is 0.167. The molecule has 1 rings (SSSR count). The molecule has 67 valence electrons. The minimum Gasteiger partial charge on any atom is -0.399 e. The Balaban J connectivity index is 2.95. The van der Waals surface area contributed by atoms with Crippen molar-refractivity contribution < 1.29 is 13.0 Å². The summed E-state index contributed by atoms with van der Waals surface area (Å²) in [6, 6.07) is -0.856. The molecule has 6 heteroatoms. The van der Waals surface area contributed by atoms with E-state index in [1.807, 2.05) is 0 Å². The van der Waals surface area contributed by atoms with E-state index in [1.54, 1.807) is 0 Å². The van der Waals surface area contributed by atoms with E-state index in [0.29, 0.717) is 5.70 Å². The molecule has 0 heterocycles. The summed E-state index contributed by atoms with van der Waals surface area (Å²) in [5, 5.41) is -0.239. The zero-order valence-electron chi connectivity index (χ0n) is 6.14. The van der Waals surface area contributed by atoms with Crippen molar-refractivity contribution in [1.29, 1.82) is 0 Å². The molecule has 0 aromatic carbocycles. The molecule has 0 fully saturated rings. The minimum atomic E-state index is -4.19. The summed E-state index contributed by atoms with van der Waals surface area (Å²) in [6.45, 7) is 0. The van der Waals surface area contributed by atoms with Crippen LogP contribution in [-0.2, 0) is 10.1 Å². The van der Waals surface area contributed by atoms with Crippen molar-refractivity contribution in [3.8, 4) is 0 Å². The van der Waals surface area contributed by atoms with Crippen LogP contribution in [0.4, 0.5) is 0 Å². The van der Waals surface area contributed by atoms with Gasteiger partial charge in [0, 0.05) is 5.70 Å². The van der Waals surface area contributed by atoms with Gasteiger partial charge < -0.3 is 11.5 Å². The van der Waals surface area contributed by atoms with Gasteiger partial charge in [0.1, 0.15) is 0 Å². The van der Waals surface area contributed by atoms with Crippen LogP contribution in [0, 0.1) is 5.25 Å². The highest BCUT2D eigenvalue weighted by Crippen LogP contribution is 2.20. The summed E-state index contributed by atoms with van der Waals surface area (Å²) in [4.78, 5) is 0. The first-order valence-corrected chi connectivity index (χ1v) is 4.60. The van der Waals surface area contributed by atoms with Crippen molar-refractivity contribution in [1.82, 2.24) is 0 Å². The van der Waals surface area contributed by atoms with Crippen molar-refractivity contribution in [2.75, 3.05) is 0 Å². The van der Waals surface area contributed by atoms with Gasteiger partial charge in [0.2, 0.25) is 0 Å². The molecule has 1 radical (unpaired) electrons. The van der Waals surface area contributed by atoms with Crippen LogP contribution in [0.2, 0.25) is 0 Å². The first kappa shape index (κ1) is 9.24. The predicted octanol–water partition coefficient (Wildman–Crippen LogP) is -0.854. The van der Waals surface area contributed by atoms with Crippen LogP contribution in [-0.4, -0.2) is 19.0 Å². The lowest BCUT2D eigenvalue weighted by atomic mass is 10.1. The second-order valence-electron chi connectivity index (χ2n) is 2.40. The third kappa shape index (κ3) is 1.84. The van der Waals surface area contributed by atoms with Gasteiger partial charge in [-0.2, -0.15) is 8.42 Å². The zero-order valence-corrected chi connectivity index (χ0v) is 6.95. The van der Waals surface area contributed by atoms with Crippen LogP contribution in [0.3, 0.4) is 0 Å². The van der Waals surface area contributed by atoms with Crippen LogP contribution in [0.5, 0.6) is 0 Å². The number of allylic oxidation sites excluding steroid dienone is 1. The quantitative estimate of drug-likeness (QED) is 0.465. The van der Waals surface area contributed by atoms with Gasteiger partial charge in [-0.1, -0.05) is 6.08 Å². The van der Waals surface area contributed by atoms with E-state index in [9.17, 15) is 8.42 Å². The Morgan fingerprint density at radius 2 is 2.00 bits per heavy atom. The summed E-state index contributed by atoms with van der Waals surface area (Å²) < 4.78 is 29.9. The molecule has 1 atom stereocenters. The van der Waals surface area contributed by atoms with E-state index in [0.717, 1.165) is 0 Å². The maximum Gasteiger partial charge on any atom is 0.278 e. The van der Waals surface area contributed by atoms with Gasteiger partial charge in [-0.15, -0.1) is 0 Å². The zero-order chi connectivity index (χ0) is 9.35. The molecule has 0 saturated heterocycles. The fourth-order valence-corrected chi connectivity index (χ4v) is 1.54. The maximum absolute atomic E-state index is 10.6. The number of rotatable bonds is 1. The Kier molecular flexibility index (Phi) is 2.22. The molecule has 12 heavy (non-hydrogen) atoms. The largest absolute Gasteiger partial charge is 0.399 e. The smallest absolute Gasteiger partial charge is 0.278 e. The first-order chi connectivity index (χ1) is 5.41. The standard InChI is InChI=1S/C6H9N2O3S/c7-4-1-2-6(5(8)3-4)12(9,10)11/h1-3,5H,7-8H2,(H,9,10,11). The summed E-state index contributed by atoms with van der Waals surface area (Å²) in [7, 11) is -4.19. The topological polar surface area (TPSA) is 106 Å². The third-order valence-electron chi connectivity index (χ3n) is 1.44. The van der Waals surface area contributed by atoms with Crippen LogP contribution < -0.4 is 11.5 Å². The molecule has 0 aromatic heterocycles. The lowest BCUT2D eigenvalue weighted by Crippen LogP contribution is -2.33. The normalized spacial score (nSPS) is 25.5. The summed E-state index contributed by atoms with van der Waals surface area (Å²) in [6.07, 6.45) is 3.91. The molecular formula is C6H9N2O3S. The third-order valence-corrected chi connectivity index (χ3v) is 2.44. The molecule has 0 spiro atoms. The van der Waals surface area contributed by atoms with Crippen LogP contribution in [0.25, 0.3) is 0 Å². The average Bonchev–Trinajstić information content (AvgIpc) is 1.83. The molecule has 1 aliphatic carbocycles. The van der Waals surface area contributed by atoms with Gasteiger partial charge in [0.25, 0.3) is 10.1 Å². The Labute approximate surface area is 70.5 Å². The van der Waals surface area contributed by atoms with E-state index in [2.05, 4.69) is 0 Å². The van der Waals surface area contributed by atoms with Crippen LogP contribution in [0.1, 0.15) is 0 Å². The van der Waals surface area contributed by atoms with Gasteiger partial charge in [0.05, 0.1) is 6.04 Å². The van der Waals surface area contributed by atoms with Crippen molar-refractivity contribution in [2.45, 2.75) is 6.04 Å². The van der Waals surface area contributed by atoms with E-state index >= 15 is 0 Å². The Morgan fingerprint density at radius 1 is 1.42 bits per heavy atom. The molecule has 0 saturated carbocycles.